The van der Waals surface area contributed by atoms with Crippen LogP contribution in [0.3, 0.4) is 0 Å². The lowest BCUT2D eigenvalue weighted by molar-refractivity contribution is -0.117. The minimum absolute atomic E-state index is 0.0860. The molecule has 2 aromatic rings. The molecule has 6 nitrogen and oxygen atoms in total. The number of carbonyl (C=O) groups excluding carboxylic acids is 1. The Morgan fingerprint density at radius 1 is 1.00 bits per heavy atom. The fraction of sp³-hybridized carbons (Fsp3) is 0.381. The second-order valence-electron chi connectivity index (χ2n) is 6.90. The Bertz CT molecular complexity index is 855. The summed E-state index contributed by atoms with van der Waals surface area (Å²) in [6, 6.07) is 10.9. The number of nitrogens with one attached hydrogen (secondary N) is 1. The molecule has 1 saturated heterocycles. The number of carbonyl (C=O) groups is 1. The summed E-state index contributed by atoms with van der Waals surface area (Å²) in [6.07, 6.45) is 0. The molecule has 8 heteroatoms. The Hall–Kier alpha value is -1.99. The zero-order valence-corrected chi connectivity index (χ0v) is 18.1. The van der Waals surface area contributed by atoms with Crippen molar-refractivity contribution in [2.24, 2.45) is 0 Å². The number of piperazine rings is 1. The molecule has 1 amide bonds. The van der Waals surface area contributed by atoms with E-state index in [0.717, 1.165) is 49.8 Å². The van der Waals surface area contributed by atoms with Crippen molar-refractivity contribution in [2.45, 2.75) is 6.54 Å². The monoisotopic (exact) mass is 437 g/mol. The fourth-order valence-electron chi connectivity index (χ4n) is 3.34. The van der Waals surface area contributed by atoms with Crippen LogP contribution in [0.5, 0.6) is 11.5 Å². The highest BCUT2D eigenvalue weighted by Crippen LogP contribution is 2.26. The van der Waals surface area contributed by atoms with Crippen LogP contribution in [0, 0.1) is 0 Å². The summed E-state index contributed by atoms with van der Waals surface area (Å²) in [5, 5.41) is 3.82. The minimum Gasteiger partial charge on any atom is -0.497 e. The molecule has 29 heavy (non-hydrogen) atoms. The lowest BCUT2D eigenvalue weighted by Gasteiger charge is -2.34. The van der Waals surface area contributed by atoms with Crippen LogP contribution in [0.15, 0.2) is 36.4 Å². The molecule has 1 fully saturated rings. The van der Waals surface area contributed by atoms with Gasteiger partial charge >= 0.3 is 0 Å². The molecule has 3 rings (SSSR count). The molecule has 0 bridgehead atoms. The van der Waals surface area contributed by atoms with Crippen LogP contribution in [0.1, 0.15) is 5.56 Å². The van der Waals surface area contributed by atoms with Gasteiger partial charge in [0.15, 0.2) is 0 Å². The van der Waals surface area contributed by atoms with Crippen LogP contribution < -0.4 is 14.8 Å². The van der Waals surface area contributed by atoms with E-state index in [1.165, 1.54) is 0 Å². The quantitative estimate of drug-likeness (QED) is 0.714. The summed E-state index contributed by atoms with van der Waals surface area (Å²) < 4.78 is 10.8. The van der Waals surface area contributed by atoms with Gasteiger partial charge in [-0.2, -0.15) is 0 Å². The van der Waals surface area contributed by atoms with Crippen molar-refractivity contribution in [3.63, 3.8) is 0 Å². The first-order chi connectivity index (χ1) is 14.0. The van der Waals surface area contributed by atoms with E-state index in [4.69, 9.17) is 32.7 Å². The van der Waals surface area contributed by atoms with Gasteiger partial charge in [0.25, 0.3) is 0 Å². The maximum atomic E-state index is 12.4. The first-order valence-electron chi connectivity index (χ1n) is 9.39. The second kappa shape index (κ2) is 10.2. The Kier molecular flexibility index (Phi) is 7.61. The highest BCUT2D eigenvalue weighted by molar-refractivity contribution is 6.36. The maximum Gasteiger partial charge on any atom is 0.238 e. The van der Waals surface area contributed by atoms with Crippen molar-refractivity contribution >= 4 is 34.8 Å². The van der Waals surface area contributed by atoms with E-state index in [0.29, 0.717) is 22.3 Å². The molecule has 2 aromatic carbocycles. The van der Waals surface area contributed by atoms with E-state index in [-0.39, 0.29) is 5.91 Å². The minimum atomic E-state index is -0.0860. The van der Waals surface area contributed by atoms with Crippen LogP contribution in [0.2, 0.25) is 10.0 Å². The molecule has 0 aromatic heterocycles. The number of rotatable bonds is 7. The van der Waals surface area contributed by atoms with Crippen LogP contribution >= 0.6 is 23.2 Å². The molecule has 0 atom stereocenters. The molecule has 0 aliphatic carbocycles. The summed E-state index contributed by atoms with van der Waals surface area (Å²) in [5.41, 5.74) is 1.67. The van der Waals surface area contributed by atoms with E-state index < -0.39 is 0 Å². The molecular formula is C21H25Cl2N3O3. The summed E-state index contributed by atoms with van der Waals surface area (Å²) in [7, 11) is 3.33. The first-order valence-corrected chi connectivity index (χ1v) is 10.1. The highest BCUT2D eigenvalue weighted by atomic mass is 35.5. The van der Waals surface area contributed by atoms with Crippen LogP contribution in [0.4, 0.5) is 5.69 Å². The smallest absolute Gasteiger partial charge is 0.238 e. The van der Waals surface area contributed by atoms with Crippen molar-refractivity contribution in [1.82, 2.24) is 9.80 Å². The Labute approximate surface area is 181 Å². The van der Waals surface area contributed by atoms with Gasteiger partial charge in [-0.15, -0.1) is 0 Å². The Balaban J connectivity index is 1.50. The van der Waals surface area contributed by atoms with Crippen molar-refractivity contribution in [1.29, 1.82) is 0 Å². The largest absolute Gasteiger partial charge is 0.497 e. The zero-order valence-electron chi connectivity index (χ0n) is 16.6. The number of anilines is 1. The van der Waals surface area contributed by atoms with E-state index >= 15 is 0 Å². The molecular weight excluding hydrogens is 413 g/mol. The van der Waals surface area contributed by atoms with Crippen LogP contribution in [-0.4, -0.2) is 62.7 Å². The predicted molar refractivity (Wildman–Crippen MR) is 116 cm³/mol. The number of halogens is 2. The number of ether oxygens (including phenoxy) is 2. The first kappa shape index (κ1) is 21.7. The van der Waals surface area contributed by atoms with Gasteiger partial charge in [-0.05, 0) is 36.4 Å². The van der Waals surface area contributed by atoms with Gasteiger partial charge in [-0.25, -0.2) is 0 Å². The SMILES string of the molecule is COc1ccc(OC)c(CN2CCN(CC(=O)Nc3ccc(Cl)cc3Cl)CC2)c1. The molecule has 1 heterocycles. The summed E-state index contributed by atoms with van der Waals surface area (Å²) >= 11 is 12.0. The van der Waals surface area contributed by atoms with Gasteiger partial charge in [-0.1, -0.05) is 23.2 Å². The number of benzene rings is 2. The van der Waals surface area contributed by atoms with Crippen LogP contribution in [-0.2, 0) is 11.3 Å². The third-order valence-electron chi connectivity index (χ3n) is 4.92. The van der Waals surface area contributed by atoms with E-state index in [1.54, 1.807) is 32.4 Å². The van der Waals surface area contributed by atoms with Gasteiger partial charge in [0.05, 0.1) is 31.5 Å². The molecule has 1 aliphatic rings. The summed E-state index contributed by atoms with van der Waals surface area (Å²) in [4.78, 5) is 16.8. The normalized spacial score (nSPS) is 15.2. The molecule has 1 N–H and O–H groups in total. The lowest BCUT2D eigenvalue weighted by atomic mass is 10.1. The van der Waals surface area contributed by atoms with Crippen molar-refractivity contribution in [3.05, 3.63) is 52.0 Å². The van der Waals surface area contributed by atoms with E-state index in [2.05, 4.69) is 15.1 Å². The standard InChI is InChI=1S/C21H25Cl2N3O3/c1-28-17-4-6-20(29-2)15(11-17)13-25-7-9-26(10-8-25)14-21(27)24-19-5-3-16(22)12-18(19)23/h3-6,11-12H,7-10,13-14H2,1-2H3,(H,24,27). The van der Waals surface area contributed by atoms with Crippen molar-refractivity contribution < 1.29 is 14.3 Å². The summed E-state index contributed by atoms with van der Waals surface area (Å²) in [6.45, 7) is 4.48. The van der Waals surface area contributed by atoms with Crippen molar-refractivity contribution in [2.75, 3.05) is 52.3 Å². The number of amides is 1. The predicted octanol–water partition coefficient (Wildman–Crippen LogP) is 3.77. The van der Waals surface area contributed by atoms with Gasteiger partial charge in [0.2, 0.25) is 5.91 Å². The fourth-order valence-corrected chi connectivity index (χ4v) is 3.79. The van der Waals surface area contributed by atoms with Crippen LogP contribution in [0.25, 0.3) is 0 Å². The van der Waals surface area contributed by atoms with E-state index in [9.17, 15) is 4.79 Å². The van der Waals surface area contributed by atoms with Gasteiger partial charge in [-0.3, -0.25) is 14.6 Å². The third kappa shape index (κ3) is 6.00. The molecule has 0 radical (unpaired) electrons. The Morgan fingerprint density at radius 2 is 1.72 bits per heavy atom. The third-order valence-corrected chi connectivity index (χ3v) is 5.47. The molecule has 156 valence electrons. The molecule has 0 unspecified atom stereocenters. The van der Waals surface area contributed by atoms with Gasteiger partial charge in [0.1, 0.15) is 11.5 Å². The average Bonchev–Trinajstić information content (AvgIpc) is 2.71. The maximum absolute atomic E-state index is 12.4. The average molecular weight is 438 g/mol. The molecule has 0 saturated carbocycles. The lowest BCUT2D eigenvalue weighted by Crippen LogP contribution is -2.48. The number of hydrogen-bond acceptors (Lipinski definition) is 5. The Morgan fingerprint density at radius 3 is 2.38 bits per heavy atom. The zero-order chi connectivity index (χ0) is 20.8. The second-order valence-corrected chi connectivity index (χ2v) is 7.75. The van der Waals surface area contributed by atoms with Gasteiger partial charge in [0, 0.05) is 43.3 Å². The molecule has 1 aliphatic heterocycles. The summed E-state index contributed by atoms with van der Waals surface area (Å²) in [5.74, 6) is 1.58. The van der Waals surface area contributed by atoms with E-state index in [1.807, 2.05) is 18.2 Å². The highest BCUT2D eigenvalue weighted by Gasteiger charge is 2.20. The molecule has 0 spiro atoms. The number of methoxy groups -OCH3 is 2. The topological polar surface area (TPSA) is 54.0 Å². The van der Waals surface area contributed by atoms with Gasteiger partial charge < -0.3 is 14.8 Å². The van der Waals surface area contributed by atoms with Crippen molar-refractivity contribution in [3.8, 4) is 11.5 Å². The number of nitrogens with zero attached hydrogens (tertiary/aromatic N) is 2. The number of hydrogen-bond donors (Lipinski definition) is 1.